The number of thiophene rings is 2. The predicted molar refractivity (Wildman–Crippen MR) is 110 cm³/mol. The zero-order valence-electron chi connectivity index (χ0n) is 14.7. The normalized spacial score (nSPS) is 11.5. The molecule has 138 valence electrons. The topological polar surface area (TPSA) is 49.0 Å². The van der Waals surface area contributed by atoms with Crippen LogP contribution in [0.3, 0.4) is 0 Å². The second-order valence-corrected chi connectivity index (χ2v) is 8.12. The van der Waals surface area contributed by atoms with E-state index in [0.717, 1.165) is 24.2 Å². The summed E-state index contributed by atoms with van der Waals surface area (Å²) in [6.45, 7) is 4.39. The van der Waals surface area contributed by atoms with Gasteiger partial charge in [-0.2, -0.15) is 0 Å². The molecule has 4 nitrogen and oxygen atoms in total. The largest absolute Gasteiger partial charge is 0.309 e. The Bertz CT molecular complexity index is 1100. The summed E-state index contributed by atoms with van der Waals surface area (Å²) in [6, 6.07) is 10.3. The van der Waals surface area contributed by atoms with E-state index in [2.05, 4.69) is 33.2 Å². The highest BCUT2D eigenvalue weighted by molar-refractivity contribution is 7.17. The first-order chi connectivity index (χ1) is 13.1. The fraction of sp³-hybridized carbons (Fsp3) is 0.200. The average molecular weight is 400 g/mol. The van der Waals surface area contributed by atoms with Crippen LogP contribution in [-0.2, 0) is 13.1 Å². The van der Waals surface area contributed by atoms with Gasteiger partial charge in [0.25, 0.3) is 5.56 Å². The summed E-state index contributed by atoms with van der Waals surface area (Å²) in [6.07, 6.45) is 0. The number of hydrogen-bond acceptors (Lipinski definition) is 5. The summed E-state index contributed by atoms with van der Waals surface area (Å²) in [5.41, 5.74) is 1.46. The number of aromatic amines is 1. The minimum Gasteiger partial charge on any atom is -0.309 e. The third kappa shape index (κ3) is 3.85. The van der Waals surface area contributed by atoms with Gasteiger partial charge in [-0.25, -0.2) is 9.37 Å². The highest BCUT2D eigenvalue weighted by atomic mass is 32.1. The van der Waals surface area contributed by atoms with E-state index < -0.39 is 0 Å². The number of H-pyrrole nitrogens is 1. The Labute approximate surface area is 163 Å². The Morgan fingerprint density at radius 2 is 1.96 bits per heavy atom. The fourth-order valence-corrected chi connectivity index (χ4v) is 4.74. The van der Waals surface area contributed by atoms with Gasteiger partial charge in [-0.3, -0.25) is 9.69 Å². The molecule has 0 atom stereocenters. The fourth-order valence-electron chi connectivity index (χ4n) is 3.02. The second-order valence-electron chi connectivity index (χ2n) is 6.23. The smallest absolute Gasteiger partial charge is 0.260 e. The van der Waals surface area contributed by atoms with Crippen LogP contribution in [0.1, 0.15) is 17.6 Å². The molecule has 0 bridgehead atoms. The van der Waals surface area contributed by atoms with E-state index in [1.807, 2.05) is 11.4 Å². The number of benzene rings is 1. The quantitative estimate of drug-likeness (QED) is 0.503. The Morgan fingerprint density at radius 3 is 2.67 bits per heavy atom. The summed E-state index contributed by atoms with van der Waals surface area (Å²) in [5.74, 6) is 0.372. The molecule has 0 saturated carbocycles. The van der Waals surface area contributed by atoms with Crippen molar-refractivity contribution in [3.05, 3.63) is 74.0 Å². The lowest BCUT2D eigenvalue weighted by molar-refractivity contribution is 0.267. The molecule has 27 heavy (non-hydrogen) atoms. The zero-order valence-corrected chi connectivity index (χ0v) is 16.4. The molecule has 0 saturated heterocycles. The summed E-state index contributed by atoms with van der Waals surface area (Å²) in [4.78, 5) is 24.6. The Hall–Kier alpha value is -2.35. The molecule has 1 aromatic carbocycles. The molecule has 7 heteroatoms. The summed E-state index contributed by atoms with van der Waals surface area (Å²) < 4.78 is 13.2. The molecule has 0 unspecified atom stereocenters. The third-order valence-electron chi connectivity index (χ3n) is 4.43. The number of halogens is 1. The molecular weight excluding hydrogens is 381 g/mol. The van der Waals surface area contributed by atoms with Gasteiger partial charge in [-0.15, -0.1) is 22.7 Å². The molecule has 0 spiro atoms. The number of nitrogens with zero attached hydrogens (tertiary/aromatic N) is 2. The molecule has 4 aromatic rings. The number of nitrogens with one attached hydrogen (secondary N) is 1. The Balaban J connectivity index is 1.64. The molecule has 1 N–H and O–H groups in total. The Kier molecular flexibility index (Phi) is 5.15. The molecule has 0 fully saturated rings. The minimum absolute atomic E-state index is 0.150. The lowest BCUT2D eigenvalue weighted by Gasteiger charge is -2.18. The lowest BCUT2D eigenvalue weighted by Crippen LogP contribution is -2.24. The first-order valence-corrected chi connectivity index (χ1v) is 10.4. The maximum Gasteiger partial charge on any atom is 0.260 e. The number of hydrogen-bond donors (Lipinski definition) is 1. The van der Waals surface area contributed by atoms with Crippen molar-refractivity contribution in [2.24, 2.45) is 0 Å². The van der Waals surface area contributed by atoms with E-state index in [9.17, 15) is 9.18 Å². The van der Waals surface area contributed by atoms with Crippen molar-refractivity contribution in [1.82, 2.24) is 14.9 Å². The van der Waals surface area contributed by atoms with Gasteiger partial charge in [0.15, 0.2) is 0 Å². The van der Waals surface area contributed by atoms with Crippen LogP contribution in [0.5, 0.6) is 0 Å². The van der Waals surface area contributed by atoms with E-state index in [4.69, 9.17) is 0 Å². The van der Waals surface area contributed by atoms with Crippen LogP contribution in [0.2, 0.25) is 0 Å². The predicted octanol–water partition coefficient (Wildman–Crippen LogP) is 4.87. The molecule has 4 rings (SSSR count). The standard InChI is InChI=1S/C20H18FN3OS2/c1-2-24(10-15-4-3-9-26-15)11-17-22-19(25)18-16(12-27-20(18)23-17)13-5-7-14(21)8-6-13/h3-9,12H,2,10-11H2,1H3,(H,22,23,25). The van der Waals surface area contributed by atoms with E-state index in [1.165, 1.54) is 28.3 Å². The monoisotopic (exact) mass is 399 g/mol. The van der Waals surface area contributed by atoms with Gasteiger partial charge in [0, 0.05) is 22.4 Å². The molecule has 0 amide bonds. The zero-order chi connectivity index (χ0) is 18.8. The number of aromatic nitrogens is 2. The number of fused-ring (bicyclic) bond motifs is 1. The van der Waals surface area contributed by atoms with Crippen LogP contribution in [0.4, 0.5) is 4.39 Å². The van der Waals surface area contributed by atoms with Crippen LogP contribution < -0.4 is 5.56 Å². The van der Waals surface area contributed by atoms with Crippen molar-refractivity contribution in [1.29, 1.82) is 0 Å². The highest BCUT2D eigenvalue weighted by Crippen LogP contribution is 2.30. The molecule has 3 heterocycles. The van der Waals surface area contributed by atoms with Crippen molar-refractivity contribution in [2.45, 2.75) is 20.0 Å². The number of rotatable bonds is 6. The van der Waals surface area contributed by atoms with Gasteiger partial charge in [-0.1, -0.05) is 25.1 Å². The first kappa shape index (κ1) is 18.0. The highest BCUT2D eigenvalue weighted by Gasteiger charge is 2.14. The van der Waals surface area contributed by atoms with Gasteiger partial charge in [0.1, 0.15) is 16.5 Å². The summed E-state index contributed by atoms with van der Waals surface area (Å²) in [7, 11) is 0. The molecule has 0 aliphatic heterocycles. The van der Waals surface area contributed by atoms with Crippen LogP contribution in [-0.4, -0.2) is 21.4 Å². The molecule has 0 aliphatic carbocycles. The SMILES string of the molecule is CCN(Cc1nc2scc(-c3ccc(F)cc3)c2c(=O)[nH]1)Cc1cccs1. The van der Waals surface area contributed by atoms with Crippen LogP contribution >= 0.6 is 22.7 Å². The van der Waals surface area contributed by atoms with Crippen molar-refractivity contribution >= 4 is 32.9 Å². The molecule has 0 radical (unpaired) electrons. The summed E-state index contributed by atoms with van der Waals surface area (Å²) in [5, 5.41) is 4.54. The van der Waals surface area contributed by atoms with Gasteiger partial charge >= 0.3 is 0 Å². The molecular formula is C20H18FN3OS2. The van der Waals surface area contributed by atoms with Crippen LogP contribution in [0, 0.1) is 5.82 Å². The van der Waals surface area contributed by atoms with Gasteiger partial charge in [0.2, 0.25) is 0 Å². The van der Waals surface area contributed by atoms with Crippen molar-refractivity contribution in [3.8, 4) is 11.1 Å². The van der Waals surface area contributed by atoms with Crippen LogP contribution in [0.25, 0.3) is 21.3 Å². The lowest BCUT2D eigenvalue weighted by atomic mass is 10.1. The van der Waals surface area contributed by atoms with E-state index in [0.29, 0.717) is 22.6 Å². The third-order valence-corrected chi connectivity index (χ3v) is 6.16. The first-order valence-electron chi connectivity index (χ1n) is 8.65. The van der Waals surface area contributed by atoms with Crippen molar-refractivity contribution in [2.75, 3.05) is 6.54 Å². The minimum atomic E-state index is -0.294. The molecule has 0 aliphatic rings. The van der Waals surface area contributed by atoms with Crippen molar-refractivity contribution in [3.63, 3.8) is 0 Å². The summed E-state index contributed by atoms with van der Waals surface area (Å²) >= 11 is 3.17. The van der Waals surface area contributed by atoms with E-state index in [-0.39, 0.29) is 11.4 Å². The Morgan fingerprint density at radius 1 is 1.15 bits per heavy atom. The average Bonchev–Trinajstić information content (AvgIpc) is 3.32. The van der Waals surface area contributed by atoms with Gasteiger partial charge in [0.05, 0.1) is 11.9 Å². The van der Waals surface area contributed by atoms with Crippen molar-refractivity contribution < 1.29 is 4.39 Å². The van der Waals surface area contributed by atoms with E-state index in [1.54, 1.807) is 23.5 Å². The maximum atomic E-state index is 13.2. The molecule has 3 aromatic heterocycles. The van der Waals surface area contributed by atoms with Gasteiger partial charge in [-0.05, 0) is 35.7 Å². The van der Waals surface area contributed by atoms with E-state index >= 15 is 0 Å². The van der Waals surface area contributed by atoms with Crippen LogP contribution in [0.15, 0.2) is 52.0 Å². The van der Waals surface area contributed by atoms with Gasteiger partial charge < -0.3 is 4.98 Å². The second kappa shape index (κ2) is 7.72. The maximum absolute atomic E-state index is 13.2.